The van der Waals surface area contributed by atoms with Crippen LogP contribution in [0.25, 0.3) is 0 Å². The summed E-state index contributed by atoms with van der Waals surface area (Å²) >= 11 is 12.3. The van der Waals surface area contributed by atoms with E-state index in [1.165, 1.54) is 16.7 Å². The molecule has 2 aromatic rings. The van der Waals surface area contributed by atoms with Crippen molar-refractivity contribution in [3.05, 3.63) is 63.1 Å². The molecule has 3 rings (SSSR count). The van der Waals surface area contributed by atoms with Crippen LogP contribution in [-0.4, -0.2) is 31.1 Å². The lowest BCUT2D eigenvalue weighted by Gasteiger charge is -2.33. The number of urea groups is 1. The Morgan fingerprint density at radius 1 is 1.14 bits per heavy atom. The molecule has 6 heteroatoms. The van der Waals surface area contributed by atoms with Crippen molar-refractivity contribution in [1.82, 2.24) is 10.2 Å². The average Bonchev–Trinajstić information content (AvgIpc) is 2.65. The number of nitrogens with one attached hydrogen (secondary N) is 2. The van der Waals surface area contributed by atoms with Gasteiger partial charge in [0.05, 0.1) is 0 Å². The van der Waals surface area contributed by atoms with E-state index in [-0.39, 0.29) is 6.03 Å². The second-order valence-corrected chi connectivity index (χ2v) is 8.38. The Kier molecular flexibility index (Phi) is 7.22. The zero-order chi connectivity index (χ0) is 20.1. The number of rotatable bonds is 5. The standard InChI is InChI=1S/C22H27Cl2N3O/c1-15-4-3-5-21(26-22(28)25-2)20(15)14-27-8-6-16(7-9-27)10-17-11-18(23)13-19(24)12-17/h3-5,11-13,16H,6-10,14H2,1-2H3,(H2,25,26,28). The second kappa shape index (κ2) is 9.64. The normalized spacial score (nSPS) is 15.4. The minimum Gasteiger partial charge on any atom is -0.341 e. The minimum atomic E-state index is -0.189. The lowest BCUT2D eigenvalue weighted by molar-refractivity contribution is 0.177. The molecule has 4 nitrogen and oxygen atoms in total. The van der Waals surface area contributed by atoms with Gasteiger partial charge in [0.15, 0.2) is 0 Å². The van der Waals surface area contributed by atoms with Gasteiger partial charge < -0.3 is 10.6 Å². The highest BCUT2D eigenvalue weighted by Gasteiger charge is 2.21. The van der Waals surface area contributed by atoms with Crippen LogP contribution < -0.4 is 10.6 Å². The number of likely N-dealkylation sites (tertiary alicyclic amines) is 1. The number of carbonyl (C=O) groups is 1. The van der Waals surface area contributed by atoms with E-state index in [2.05, 4.69) is 28.5 Å². The van der Waals surface area contributed by atoms with E-state index in [1.807, 2.05) is 24.3 Å². The lowest BCUT2D eigenvalue weighted by Crippen LogP contribution is -2.34. The molecule has 0 saturated carbocycles. The monoisotopic (exact) mass is 419 g/mol. The molecule has 1 aliphatic rings. The number of benzene rings is 2. The van der Waals surface area contributed by atoms with Gasteiger partial charge in [0.1, 0.15) is 0 Å². The third-order valence-electron chi connectivity index (χ3n) is 5.42. The molecule has 150 valence electrons. The van der Waals surface area contributed by atoms with Crippen LogP contribution in [0.15, 0.2) is 36.4 Å². The van der Waals surface area contributed by atoms with E-state index in [0.717, 1.165) is 44.6 Å². The van der Waals surface area contributed by atoms with E-state index in [0.29, 0.717) is 16.0 Å². The summed E-state index contributed by atoms with van der Waals surface area (Å²) in [4.78, 5) is 14.2. The Morgan fingerprint density at radius 3 is 2.46 bits per heavy atom. The molecule has 28 heavy (non-hydrogen) atoms. The summed E-state index contributed by atoms with van der Waals surface area (Å²) in [5, 5.41) is 6.97. The molecule has 2 amide bonds. The van der Waals surface area contributed by atoms with Crippen molar-refractivity contribution in [2.45, 2.75) is 32.7 Å². The van der Waals surface area contributed by atoms with Crippen molar-refractivity contribution in [3.63, 3.8) is 0 Å². The number of amides is 2. The fourth-order valence-electron chi connectivity index (χ4n) is 3.85. The predicted molar refractivity (Wildman–Crippen MR) is 117 cm³/mol. The van der Waals surface area contributed by atoms with Crippen molar-refractivity contribution >= 4 is 34.9 Å². The first kappa shape index (κ1) is 21.0. The van der Waals surface area contributed by atoms with Crippen molar-refractivity contribution in [1.29, 1.82) is 0 Å². The van der Waals surface area contributed by atoms with Crippen LogP contribution in [0.3, 0.4) is 0 Å². The van der Waals surface area contributed by atoms with Crippen molar-refractivity contribution in [2.24, 2.45) is 5.92 Å². The number of hydrogen-bond donors (Lipinski definition) is 2. The number of piperidine rings is 1. The van der Waals surface area contributed by atoms with E-state index >= 15 is 0 Å². The highest BCUT2D eigenvalue weighted by molar-refractivity contribution is 6.34. The van der Waals surface area contributed by atoms with Gasteiger partial charge in [-0.1, -0.05) is 35.3 Å². The molecule has 1 heterocycles. The van der Waals surface area contributed by atoms with Gasteiger partial charge in [-0.2, -0.15) is 0 Å². The molecule has 1 fully saturated rings. The Balaban J connectivity index is 1.59. The molecule has 0 atom stereocenters. The predicted octanol–water partition coefficient (Wildman–Crippen LogP) is 5.51. The van der Waals surface area contributed by atoms with E-state index < -0.39 is 0 Å². The van der Waals surface area contributed by atoms with E-state index in [4.69, 9.17) is 23.2 Å². The van der Waals surface area contributed by atoms with Gasteiger partial charge in [-0.3, -0.25) is 4.90 Å². The van der Waals surface area contributed by atoms with Crippen LogP contribution >= 0.6 is 23.2 Å². The van der Waals surface area contributed by atoms with Gasteiger partial charge in [-0.05, 0) is 86.1 Å². The van der Waals surface area contributed by atoms with Crippen LogP contribution in [-0.2, 0) is 13.0 Å². The van der Waals surface area contributed by atoms with Gasteiger partial charge in [0, 0.05) is 29.3 Å². The number of anilines is 1. The highest BCUT2D eigenvalue weighted by Crippen LogP contribution is 2.28. The van der Waals surface area contributed by atoms with Gasteiger partial charge in [-0.15, -0.1) is 0 Å². The molecule has 1 saturated heterocycles. The van der Waals surface area contributed by atoms with Crippen LogP contribution in [0.2, 0.25) is 10.0 Å². The van der Waals surface area contributed by atoms with Crippen LogP contribution in [0.1, 0.15) is 29.5 Å². The Morgan fingerprint density at radius 2 is 1.82 bits per heavy atom. The van der Waals surface area contributed by atoms with E-state index in [9.17, 15) is 4.79 Å². The number of carbonyl (C=O) groups excluding carboxylic acids is 1. The third-order valence-corrected chi connectivity index (χ3v) is 5.86. The quantitative estimate of drug-likeness (QED) is 0.670. The van der Waals surface area contributed by atoms with Gasteiger partial charge in [-0.25, -0.2) is 4.79 Å². The molecule has 1 aliphatic heterocycles. The third kappa shape index (κ3) is 5.63. The maximum atomic E-state index is 11.7. The Labute approximate surface area is 177 Å². The SMILES string of the molecule is CNC(=O)Nc1cccc(C)c1CN1CCC(Cc2cc(Cl)cc(Cl)c2)CC1. The minimum absolute atomic E-state index is 0.189. The molecule has 0 bridgehead atoms. The molecule has 0 radical (unpaired) electrons. The van der Waals surface area contributed by atoms with Gasteiger partial charge in [0.25, 0.3) is 0 Å². The summed E-state index contributed by atoms with van der Waals surface area (Å²) in [6.45, 7) is 5.04. The topological polar surface area (TPSA) is 44.4 Å². The van der Waals surface area contributed by atoms with Gasteiger partial charge >= 0.3 is 6.03 Å². The number of halogens is 2. The average molecular weight is 420 g/mol. The van der Waals surface area contributed by atoms with Crippen molar-refractivity contribution in [3.8, 4) is 0 Å². The summed E-state index contributed by atoms with van der Waals surface area (Å²) in [6, 6.07) is 11.7. The zero-order valence-electron chi connectivity index (χ0n) is 16.4. The van der Waals surface area contributed by atoms with Crippen molar-refractivity contribution in [2.75, 3.05) is 25.5 Å². The smallest absolute Gasteiger partial charge is 0.318 e. The van der Waals surface area contributed by atoms with Gasteiger partial charge in [0.2, 0.25) is 0 Å². The lowest BCUT2D eigenvalue weighted by atomic mass is 9.90. The highest BCUT2D eigenvalue weighted by atomic mass is 35.5. The Hall–Kier alpha value is -1.75. The summed E-state index contributed by atoms with van der Waals surface area (Å²) in [6.07, 6.45) is 3.31. The van der Waals surface area contributed by atoms with Crippen LogP contribution in [0.4, 0.5) is 10.5 Å². The summed E-state index contributed by atoms with van der Waals surface area (Å²) < 4.78 is 0. The van der Waals surface area contributed by atoms with Crippen LogP contribution in [0, 0.1) is 12.8 Å². The second-order valence-electron chi connectivity index (χ2n) is 7.51. The first-order chi connectivity index (χ1) is 13.4. The summed E-state index contributed by atoms with van der Waals surface area (Å²) in [5.41, 5.74) is 4.48. The largest absolute Gasteiger partial charge is 0.341 e. The molecule has 0 spiro atoms. The molecule has 2 aromatic carbocycles. The van der Waals surface area contributed by atoms with E-state index in [1.54, 1.807) is 13.1 Å². The molecule has 2 N–H and O–H groups in total. The molecule has 0 unspecified atom stereocenters. The fourth-order valence-corrected chi connectivity index (χ4v) is 4.42. The molecule has 0 aliphatic carbocycles. The number of hydrogen-bond acceptors (Lipinski definition) is 2. The van der Waals surface area contributed by atoms with Crippen LogP contribution in [0.5, 0.6) is 0 Å². The maximum Gasteiger partial charge on any atom is 0.318 e. The molecular weight excluding hydrogens is 393 g/mol. The number of nitrogens with zero attached hydrogens (tertiary/aromatic N) is 1. The molecule has 0 aromatic heterocycles. The summed E-state index contributed by atoms with van der Waals surface area (Å²) in [5.74, 6) is 0.645. The number of aryl methyl sites for hydroxylation is 1. The Bertz CT molecular complexity index is 812. The van der Waals surface area contributed by atoms with Crippen molar-refractivity contribution < 1.29 is 4.79 Å². The first-order valence-electron chi connectivity index (χ1n) is 9.69. The maximum absolute atomic E-state index is 11.7. The zero-order valence-corrected chi connectivity index (χ0v) is 17.9. The summed E-state index contributed by atoms with van der Waals surface area (Å²) in [7, 11) is 1.63. The molecular formula is C22H27Cl2N3O. The first-order valence-corrected chi connectivity index (χ1v) is 10.4. The fraction of sp³-hybridized carbons (Fsp3) is 0.409.